The average Bonchev–Trinajstić information content (AvgIpc) is 2.53. The maximum absolute atomic E-state index is 12.3. The van der Waals surface area contributed by atoms with Crippen molar-refractivity contribution in [3.05, 3.63) is 64.7 Å². The van der Waals surface area contributed by atoms with Gasteiger partial charge in [-0.15, -0.1) is 0 Å². The Balaban J connectivity index is 1.98. The zero-order valence-electron chi connectivity index (χ0n) is 12.8. The van der Waals surface area contributed by atoms with Gasteiger partial charge in [0.25, 0.3) is 5.91 Å². The molecule has 0 aliphatic heterocycles. The van der Waals surface area contributed by atoms with Crippen LogP contribution >= 0.6 is 11.6 Å². The lowest BCUT2D eigenvalue weighted by atomic mass is 10.2. The minimum Gasteiger partial charge on any atom is -0.480 e. The van der Waals surface area contributed by atoms with Crippen LogP contribution in [0, 0.1) is 6.92 Å². The molecule has 0 aliphatic rings. The molecule has 0 saturated heterocycles. The lowest BCUT2D eigenvalue weighted by Gasteiger charge is -2.18. The van der Waals surface area contributed by atoms with Gasteiger partial charge in [0.1, 0.15) is 5.75 Å². The highest BCUT2D eigenvalue weighted by Gasteiger charge is 2.18. The number of nitrogens with one attached hydrogen (secondary N) is 1. The van der Waals surface area contributed by atoms with E-state index in [2.05, 4.69) is 5.32 Å². The number of ether oxygens (including phenoxy) is 1. The molecule has 0 radical (unpaired) electrons. The molecule has 4 heteroatoms. The molecular weight excluding hydrogens is 298 g/mol. The molecule has 3 nitrogen and oxygen atoms in total. The average molecular weight is 318 g/mol. The quantitative estimate of drug-likeness (QED) is 0.870. The van der Waals surface area contributed by atoms with Crippen LogP contribution < -0.4 is 10.1 Å². The first-order valence-corrected chi connectivity index (χ1v) is 7.73. The number of carbonyl (C=O) groups is 1. The summed E-state index contributed by atoms with van der Waals surface area (Å²) in [5.74, 6) is 0.605. The molecular formula is C18H20ClNO2. The highest BCUT2D eigenvalue weighted by molar-refractivity contribution is 6.31. The van der Waals surface area contributed by atoms with Crippen molar-refractivity contribution in [1.29, 1.82) is 0 Å². The van der Waals surface area contributed by atoms with Gasteiger partial charge in [0.15, 0.2) is 6.10 Å². The van der Waals surface area contributed by atoms with Gasteiger partial charge < -0.3 is 10.1 Å². The molecule has 1 N–H and O–H groups in total. The van der Waals surface area contributed by atoms with Gasteiger partial charge in [-0.3, -0.25) is 4.79 Å². The van der Waals surface area contributed by atoms with Crippen molar-refractivity contribution in [2.45, 2.75) is 32.9 Å². The molecule has 2 rings (SSSR count). The molecule has 2 aromatic carbocycles. The van der Waals surface area contributed by atoms with Gasteiger partial charge in [0.2, 0.25) is 0 Å². The number of halogens is 1. The van der Waals surface area contributed by atoms with Crippen molar-refractivity contribution in [3.63, 3.8) is 0 Å². The minimum atomic E-state index is -0.511. The lowest BCUT2D eigenvalue weighted by molar-refractivity contribution is -0.128. The van der Waals surface area contributed by atoms with Gasteiger partial charge in [-0.2, -0.15) is 0 Å². The Labute approximate surface area is 136 Å². The molecule has 1 atom stereocenters. The standard InChI is InChI=1S/C18H20ClNO2/c1-3-16(22-17-11-7-4-8-13(17)2)18(21)20-12-14-9-5-6-10-15(14)19/h4-11,16H,3,12H2,1-2H3,(H,20,21)/t16-/m1/s1. The summed E-state index contributed by atoms with van der Waals surface area (Å²) in [4.78, 5) is 12.3. The zero-order chi connectivity index (χ0) is 15.9. The van der Waals surface area contributed by atoms with Crippen molar-refractivity contribution < 1.29 is 9.53 Å². The summed E-state index contributed by atoms with van der Waals surface area (Å²) in [6.07, 6.45) is 0.0893. The highest BCUT2D eigenvalue weighted by atomic mass is 35.5. The van der Waals surface area contributed by atoms with Crippen molar-refractivity contribution >= 4 is 17.5 Å². The molecule has 0 saturated carbocycles. The van der Waals surface area contributed by atoms with E-state index >= 15 is 0 Å². The molecule has 0 aliphatic carbocycles. The van der Waals surface area contributed by atoms with E-state index in [-0.39, 0.29) is 5.91 Å². The molecule has 0 aromatic heterocycles. The third-order valence-electron chi connectivity index (χ3n) is 3.44. The number of rotatable bonds is 6. The van der Waals surface area contributed by atoms with Crippen molar-refractivity contribution in [2.24, 2.45) is 0 Å². The van der Waals surface area contributed by atoms with Crippen LogP contribution in [-0.4, -0.2) is 12.0 Å². The predicted octanol–water partition coefficient (Wildman–Crippen LogP) is 4.12. The number of hydrogen-bond acceptors (Lipinski definition) is 2. The summed E-state index contributed by atoms with van der Waals surface area (Å²) >= 11 is 6.09. The van der Waals surface area contributed by atoms with Gasteiger partial charge in [0, 0.05) is 11.6 Å². The van der Waals surface area contributed by atoms with Crippen LogP contribution in [0.5, 0.6) is 5.75 Å². The first kappa shape index (κ1) is 16.4. The number of benzene rings is 2. The second-order valence-electron chi connectivity index (χ2n) is 5.09. The Morgan fingerprint density at radius 3 is 2.55 bits per heavy atom. The Bertz CT molecular complexity index is 642. The van der Waals surface area contributed by atoms with Crippen LogP contribution in [0.1, 0.15) is 24.5 Å². The van der Waals surface area contributed by atoms with Gasteiger partial charge >= 0.3 is 0 Å². The van der Waals surface area contributed by atoms with Crippen LogP contribution in [0.3, 0.4) is 0 Å². The largest absolute Gasteiger partial charge is 0.480 e. The first-order chi connectivity index (χ1) is 10.6. The van der Waals surface area contributed by atoms with E-state index in [9.17, 15) is 4.79 Å². The molecule has 0 bridgehead atoms. The number of amides is 1. The third kappa shape index (κ3) is 4.25. The second kappa shape index (κ2) is 7.85. The van der Waals surface area contributed by atoms with E-state index in [1.54, 1.807) is 0 Å². The SMILES string of the molecule is CC[C@@H](Oc1ccccc1C)C(=O)NCc1ccccc1Cl. The summed E-state index contributed by atoms with van der Waals surface area (Å²) in [6, 6.07) is 15.1. The van der Waals surface area contributed by atoms with Crippen LogP contribution in [0.4, 0.5) is 0 Å². The van der Waals surface area contributed by atoms with Crippen molar-refractivity contribution in [1.82, 2.24) is 5.32 Å². The van der Waals surface area contributed by atoms with Gasteiger partial charge in [-0.05, 0) is 36.6 Å². The summed E-state index contributed by atoms with van der Waals surface area (Å²) in [5, 5.41) is 3.53. The topological polar surface area (TPSA) is 38.3 Å². The molecule has 0 fully saturated rings. The number of para-hydroxylation sites is 1. The predicted molar refractivity (Wildman–Crippen MR) is 89.2 cm³/mol. The highest BCUT2D eigenvalue weighted by Crippen LogP contribution is 2.19. The lowest BCUT2D eigenvalue weighted by Crippen LogP contribution is -2.37. The summed E-state index contributed by atoms with van der Waals surface area (Å²) < 4.78 is 5.83. The summed E-state index contributed by atoms with van der Waals surface area (Å²) in [5.41, 5.74) is 1.91. The Morgan fingerprint density at radius 1 is 1.18 bits per heavy atom. The van der Waals surface area contributed by atoms with Gasteiger partial charge in [0.05, 0.1) is 0 Å². The van der Waals surface area contributed by atoms with Gasteiger partial charge in [-0.25, -0.2) is 0 Å². The van der Waals surface area contributed by atoms with Gasteiger partial charge in [-0.1, -0.05) is 54.9 Å². The summed E-state index contributed by atoms with van der Waals surface area (Å²) in [6.45, 7) is 4.29. The molecule has 0 unspecified atom stereocenters. The maximum Gasteiger partial charge on any atom is 0.261 e. The molecule has 2 aromatic rings. The van der Waals surface area contributed by atoms with E-state index in [1.165, 1.54) is 0 Å². The Morgan fingerprint density at radius 2 is 1.86 bits per heavy atom. The normalized spacial score (nSPS) is 11.8. The Kier molecular flexibility index (Phi) is 5.84. The fourth-order valence-corrected chi connectivity index (χ4v) is 2.30. The van der Waals surface area contributed by atoms with E-state index in [1.807, 2.05) is 62.4 Å². The number of carbonyl (C=O) groups excluding carboxylic acids is 1. The van der Waals surface area contributed by atoms with Crippen LogP contribution in [0.2, 0.25) is 5.02 Å². The van der Waals surface area contributed by atoms with Crippen LogP contribution in [-0.2, 0) is 11.3 Å². The smallest absolute Gasteiger partial charge is 0.261 e. The molecule has 0 spiro atoms. The Hall–Kier alpha value is -2.00. The number of hydrogen-bond donors (Lipinski definition) is 1. The second-order valence-corrected chi connectivity index (χ2v) is 5.50. The van der Waals surface area contributed by atoms with E-state index in [4.69, 9.17) is 16.3 Å². The van der Waals surface area contributed by atoms with Crippen molar-refractivity contribution in [2.75, 3.05) is 0 Å². The molecule has 22 heavy (non-hydrogen) atoms. The monoisotopic (exact) mass is 317 g/mol. The number of aryl methyl sites for hydroxylation is 1. The third-order valence-corrected chi connectivity index (χ3v) is 3.81. The fourth-order valence-electron chi connectivity index (χ4n) is 2.10. The summed E-state index contributed by atoms with van der Waals surface area (Å²) in [7, 11) is 0. The minimum absolute atomic E-state index is 0.134. The van der Waals surface area contributed by atoms with E-state index < -0.39 is 6.10 Å². The molecule has 1 amide bonds. The van der Waals surface area contributed by atoms with E-state index in [0.29, 0.717) is 18.0 Å². The van der Waals surface area contributed by atoms with Crippen LogP contribution in [0.25, 0.3) is 0 Å². The maximum atomic E-state index is 12.3. The molecule has 0 heterocycles. The van der Waals surface area contributed by atoms with Crippen LogP contribution in [0.15, 0.2) is 48.5 Å². The van der Waals surface area contributed by atoms with Crippen molar-refractivity contribution in [3.8, 4) is 5.75 Å². The van der Waals surface area contributed by atoms with E-state index in [0.717, 1.165) is 16.9 Å². The fraction of sp³-hybridized carbons (Fsp3) is 0.278. The molecule has 116 valence electrons. The zero-order valence-corrected chi connectivity index (χ0v) is 13.6. The first-order valence-electron chi connectivity index (χ1n) is 7.35.